The van der Waals surface area contributed by atoms with Crippen molar-refractivity contribution in [2.24, 2.45) is 21.5 Å². The maximum Gasteiger partial charge on any atom is 0.221 e. The number of halogens is 2. The van der Waals surface area contributed by atoms with Crippen LogP contribution in [-0.2, 0) is 0 Å². The van der Waals surface area contributed by atoms with Gasteiger partial charge in [-0.05, 0) is 23.8 Å². The molecule has 4 N–H and O–H groups in total. The summed E-state index contributed by atoms with van der Waals surface area (Å²) in [5, 5.41) is 0.901. The Bertz CT molecular complexity index is 758. The number of hydrogen-bond acceptors (Lipinski definition) is 5. The van der Waals surface area contributed by atoms with Crippen molar-refractivity contribution in [1.82, 2.24) is 0 Å². The second-order valence-electron chi connectivity index (χ2n) is 4.71. The smallest absolute Gasteiger partial charge is 0.221 e. The quantitative estimate of drug-likeness (QED) is 0.885. The number of benzene rings is 2. The summed E-state index contributed by atoms with van der Waals surface area (Å²) >= 11 is 12.1. The molecule has 2 aromatic rings. The third-order valence-electron chi connectivity index (χ3n) is 3.25. The van der Waals surface area contributed by atoms with Crippen LogP contribution in [0.2, 0.25) is 10.0 Å². The molecular weight excluding hydrogens is 321 g/mol. The Kier molecular flexibility index (Phi) is 3.92. The summed E-state index contributed by atoms with van der Waals surface area (Å²) in [6.07, 6.45) is -0.407. The molecule has 0 aliphatic carbocycles. The minimum atomic E-state index is -0.407. The van der Waals surface area contributed by atoms with E-state index in [2.05, 4.69) is 9.98 Å². The SMILES string of the molecule is NC1=N[C@H](c2ccccc2)N(c2ccc(Cl)c(Cl)c2)C(N)=N1. The van der Waals surface area contributed by atoms with Crippen LogP contribution >= 0.6 is 23.2 Å². The van der Waals surface area contributed by atoms with E-state index in [1.165, 1.54) is 0 Å². The van der Waals surface area contributed by atoms with E-state index in [4.69, 9.17) is 34.7 Å². The molecule has 1 aliphatic rings. The molecule has 1 atom stereocenters. The molecule has 0 unspecified atom stereocenters. The van der Waals surface area contributed by atoms with Crippen LogP contribution in [0.3, 0.4) is 0 Å². The van der Waals surface area contributed by atoms with Crippen LogP contribution in [0.1, 0.15) is 11.7 Å². The first-order valence-electron chi connectivity index (χ1n) is 6.53. The number of hydrogen-bond donors (Lipinski definition) is 2. The van der Waals surface area contributed by atoms with Gasteiger partial charge in [0, 0.05) is 5.69 Å². The van der Waals surface area contributed by atoms with Gasteiger partial charge >= 0.3 is 0 Å². The molecule has 1 aliphatic heterocycles. The van der Waals surface area contributed by atoms with E-state index >= 15 is 0 Å². The Morgan fingerprint density at radius 2 is 1.68 bits per heavy atom. The number of rotatable bonds is 2. The molecule has 0 fully saturated rings. The molecule has 5 nitrogen and oxygen atoms in total. The number of nitrogens with zero attached hydrogens (tertiary/aromatic N) is 3. The van der Waals surface area contributed by atoms with Crippen molar-refractivity contribution in [2.45, 2.75) is 6.17 Å². The zero-order valence-corrected chi connectivity index (χ0v) is 13.0. The van der Waals surface area contributed by atoms with E-state index in [0.29, 0.717) is 10.0 Å². The lowest BCUT2D eigenvalue weighted by molar-refractivity contribution is 0.736. The molecule has 22 heavy (non-hydrogen) atoms. The average molecular weight is 334 g/mol. The number of nitrogens with two attached hydrogens (primary N) is 2. The van der Waals surface area contributed by atoms with Crippen LogP contribution in [0.15, 0.2) is 58.5 Å². The first kappa shape index (κ1) is 14.7. The molecule has 0 spiro atoms. The molecule has 0 saturated carbocycles. The van der Waals surface area contributed by atoms with Crippen LogP contribution in [0.5, 0.6) is 0 Å². The van der Waals surface area contributed by atoms with Crippen molar-refractivity contribution >= 4 is 40.8 Å². The summed E-state index contributed by atoms with van der Waals surface area (Å²) in [7, 11) is 0. The fourth-order valence-electron chi connectivity index (χ4n) is 2.27. The zero-order chi connectivity index (χ0) is 15.7. The summed E-state index contributed by atoms with van der Waals surface area (Å²) in [4.78, 5) is 10.2. The van der Waals surface area contributed by atoms with Crippen LogP contribution in [0.25, 0.3) is 0 Å². The molecule has 0 aromatic heterocycles. The maximum atomic E-state index is 6.10. The highest BCUT2D eigenvalue weighted by Crippen LogP contribution is 2.33. The summed E-state index contributed by atoms with van der Waals surface area (Å²) in [6.45, 7) is 0. The highest BCUT2D eigenvalue weighted by molar-refractivity contribution is 6.42. The molecule has 7 heteroatoms. The second-order valence-corrected chi connectivity index (χ2v) is 5.52. The van der Waals surface area contributed by atoms with Gasteiger partial charge in [-0.3, -0.25) is 4.90 Å². The number of guanidine groups is 2. The zero-order valence-electron chi connectivity index (χ0n) is 11.4. The van der Waals surface area contributed by atoms with Gasteiger partial charge in [-0.25, -0.2) is 4.99 Å². The first-order valence-corrected chi connectivity index (χ1v) is 7.28. The summed E-state index contributed by atoms with van der Waals surface area (Å²) in [5.74, 6) is 0.391. The second kappa shape index (κ2) is 5.87. The minimum Gasteiger partial charge on any atom is -0.369 e. The fraction of sp³-hybridized carbons (Fsp3) is 0.0667. The van der Waals surface area contributed by atoms with Gasteiger partial charge in [-0.15, -0.1) is 0 Å². The fourth-order valence-corrected chi connectivity index (χ4v) is 2.56. The van der Waals surface area contributed by atoms with E-state index in [-0.39, 0.29) is 11.9 Å². The van der Waals surface area contributed by atoms with Gasteiger partial charge in [0.15, 0.2) is 6.17 Å². The monoisotopic (exact) mass is 333 g/mol. The van der Waals surface area contributed by atoms with Gasteiger partial charge in [0.25, 0.3) is 0 Å². The predicted octanol–water partition coefficient (Wildman–Crippen LogP) is 3.14. The van der Waals surface area contributed by atoms with Crippen molar-refractivity contribution < 1.29 is 0 Å². The van der Waals surface area contributed by atoms with Crippen LogP contribution < -0.4 is 16.4 Å². The lowest BCUT2D eigenvalue weighted by Crippen LogP contribution is -2.44. The van der Waals surface area contributed by atoms with E-state index in [1.807, 2.05) is 36.4 Å². The third kappa shape index (κ3) is 2.73. The van der Waals surface area contributed by atoms with E-state index in [0.717, 1.165) is 11.3 Å². The molecule has 0 radical (unpaired) electrons. The first-order chi connectivity index (χ1) is 10.6. The van der Waals surface area contributed by atoms with Crippen molar-refractivity contribution in [3.05, 3.63) is 64.1 Å². The molecule has 112 valence electrons. The molecular formula is C15H13Cl2N5. The van der Waals surface area contributed by atoms with Crippen molar-refractivity contribution in [3.8, 4) is 0 Å². The molecule has 3 rings (SSSR count). The van der Waals surface area contributed by atoms with Crippen LogP contribution in [0.4, 0.5) is 5.69 Å². The molecule has 0 bridgehead atoms. The highest BCUT2D eigenvalue weighted by Gasteiger charge is 2.27. The topological polar surface area (TPSA) is 80.0 Å². The van der Waals surface area contributed by atoms with E-state index < -0.39 is 6.17 Å². The van der Waals surface area contributed by atoms with Gasteiger partial charge in [-0.1, -0.05) is 53.5 Å². The summed E-state index contributed by atoms with van der Waals surface area (Å²) in [5.41, 5.74) is 13.5. The lowest BCUT2D eigenvalue weighted by atomic mass is 10.1. The highest BCUT2D eigenvalue weighted by atomic mass is 35.5. The van der Waals surface area contributed by atoms with E-state index in [1.54, 1.807) is 17.0 Å². The minimum absolute atomic E-state index is 0.141. The van der Waals surface area contributed by atoms with E-state index in [9.17, 15) is 0 Å². The molecule has 0 saturated heterocycles. The molecule has 0 amide bonds. The normalized spacial score (nSPS) is 17.9. The standard InChI is InChI=1S/C15H13Cl2N5/c16-11-7-6-10(8-12(11)17)22-13(9-4-2-1-3-5-9)20-14(18)21-15(22)19/h1-8,13H,(H4,18,19,20,21)/t13-/m0/s1. The third-order valence-corrected chi connectivity index (χ3v) is 3.99. The summed E-state index contributed by atoms with van der Waals surface area (Å²) < 4.78 is 0. The Morgan fingerprint density at radius 1 is 0.955 bits per heavy atom. The van der Waals surface area contributed by atoms with Crippen LogP contribution in [0, 0.1) is 0 Å². The predicted molar refractivity (Wildman–Crippen MR) is 91.4 cm³/mol. The van der Waals surface area contributed by atoms with Gasteiger partial charge in [-0.2, -0.15) is 4.99 Å². The van der Waals surface area contributed by atoms with Gasteiger partial charge in [0.1, 0.15) is 0 Å². The maximum absolute atomic E-state index is 6.10. The Hall–Kier alpha value is -2.24. The lowest BCUT2D eigenvalue weighted by Gasteiger charge is -2.32. The van der Waals surface area contributed by atoms with Crippen molar-refractivity contribution in [2.75, 3.05) is 4.90 Å². The Labute approximate surface area is 137 Å². The largest absolute Gasteiger partial charge is 0.369 e. The van der Waals surface area contributed by atoms with Crippen molar-refractivity contribution in [1.29, 1.82) is 0 Å². The van der Waals surface area contributed by atoms with Gasteiger partial charge in [0.2, 0.25) is 11.9 Å². The number of aliphatic imine (C=N–C) groups is 2. The summed E-state index contributed by atoms with van der Waals surface area (Å²) in [6, 6.07) is 14.9. The molecule has 1 heterocycles. The van der Waals surface area contributed by atoms with Gasteiger partial charge < -0.3 is 11.5 Å². The van der Waals surface area contributed by atoms with Crippen molar-refractivity contribution in [3.63, 3.8) is 0 Å². The Morgan fingerprint density at radius 3 is 2.36 bits per heavy atom. The van der Waals surface area contributed by atoms with Gasteiger partial charge in [0.05, 0.1) is 10.0 Å². The average Bonchev–Trinajstić information content (AvgIpc) is 2.50. The Balaban J connectivity index is 2.09. The van der Waals surface area contributed by atoms with Crippen LogP contribution in [-0.4, -0.2) is 11.9 Å². The molecule has 2 aromatic carbocycles. The number of anilines is 1.